The molecule has 4 aromatic carbocycles. The molecular weight excluding hydrogens is 486 g/mol. The zero-order valence-electron chi connectivity index (χ0n) is 19.4. The van der Waals surface area contributed by atoms with Crippen molar-refractivity contribution in [3.8, 4) is 11.1 Å². The first-order valence-electron chi connectivity index (χ1n) is 11.3. The van der Waals surface area contributed by atoms with Crippen LogP contribution in [0, 0.1) is 0 Å². The van der Waals surface area contributed by atoms with Gasteiger partial charge < -0.3 is 4.74 Å². The monoisotopic (exact) mass is 505 g/mol. The summed E-state index contributed by atoms with van der Waals surface area (Å²) in [5.41, 5.74) is 3.30. The molecule has 5 rings (SSSR count). The molecule has 0 fully saturated rings. The maximum Gasteiger partial charge on any atom is 0.342 e. The largest absolute Gasteiger partial charge is 0.432 e. The number of fused-ring (bicyclic) bond motifs is 1. The Balaban J connectivity index is 1.29. The summed E-state index contributed by atoms with van der Waals surface area (Å²) in [7, 11) is 0. The molecule has 1 heterocycles. The molecule has 0 spiro atoms. The molecule has 0 N–H and O–H groups in total. The van der Waals surface area contributed by atoms with Gasteiger partial charge in [-0.25, -0.2) is 9.69 Å². The number of nitrogens with zero attached hydrogens (tertiary/aromatic N) is 1. The topological polar surface area (TPSA) is 80.8 Å². The van der Waals surface area contributed by atoms with Gasteiger partial charge in [-0.1, -0.05) is 36.9 Å². The van der Waals surface area contributed by atoms with Crippen molar-refractivity contribution in [2.75, 3.05) is 4.90 Å². The summed E-state index contributed by atoms with van der Waals surface area (Å²) < 4.78 is 4.80. The summed E-state index contributed by atoms with van der Waals surface area (Å²) in [5, 5.41) is 1.86. The van der Waals surface area contributed by atoms with Gasteiger partial charge in [-0.2, -0.15) is 0 Å². The fraction of sp³-hybridized carbons (Fsp3) is 0. The lowest BCUT2D eigenvalue weighted by atomic mass is 10.0. The maximum atomic E-state index is 12.8. The number of esters is 1. The number of thioether (sulfide) groups is 1. The summed E-state index contributed by atoms with van der Waals surface area (Å²) in [6.45, 7) is 3.39. The lowest BCUT2D eigenvalue weighted by Gasteiger charge is -2.13. The minimum atomic E-state index is -0.454. The highest BCUT2D eigenvalue weighted by molar-refractivity contribution is 8.14. The second-order valence-electron chi connectivity index (χ2n) is 8.15. The van der Waals surface area contributed by atoms with Crippen LogP contribution in [0.3, 0.4) is 0 Å². The second-order valence-corrected chi connectivity index (χ2v) is 9.20. The van der Waals surface area contributed by atoms with Gasteiger partial charge in [-0.15, -0.1) is 0 Å². The molecule has 0 atom stereocenters. The number of benzene rings is 4. The Morgan fingerprint density at radius 1 is 0.730 bits per heavy atom. The van der Waals surface area contributed by atoms with Crippen molar-refractivity contribution in [3.63, 3.8) is 0 Å². The van der Waals surface area contributed by atoms with E-state index in [4.69, 9.17) is 4.74 Å². The molecular formula is C30H19NO5S. The molecule has 0 aromatic heterocycles. The van der Waals surface area contributed by atoms with E-state index in [1.54, 1.807) is 36.4 Å². The normalized spacial score (nSPS) is 12.7. The molecule has 0 saturated heterocycles. The lowest BCUT2D eigenvalue weighted by molar-refractivity contribution is -0.119. The van der Waals surface area contributed by atoms with Gasteiger partial charge in [0.05, 0.1) is 17.5 Å². The minimum absolute atomic E-state index is 0.144. The number of rotatable bonds is 6. The first kappa shape index (κ1) is 24.0. The lowest BCUT2D eigenvalue weighted by Crippen LogP contribution is -2.29. The van der Waals surface area contributed by atoms with Crippen molar-refractivity contribution in [2.45, 2.75) is 4.90 Å². The third-order valence-corrected chi connectivity index (χ3v) is 6.75. The van der Waals surface area contributed by atoms with Gasteiger partial charge in [0.1, 0.15) is 0 Å². The fourth-order valence-electron chi connectivity index (χ4n) is 3.98. The Morgan fingerprint density at radius 3 is 2.00 bits per heavy atom. The first-order valence-corrected chi connectivity index (χ1v) is 12.1. The van der Waals surface area contributed by atoms with Crippen LogP contribution >= 0.6 is 11.8 Å². The predicted molar refractivity (Wildman–Crippen MR) is 143 cm³/mol. The number of carbonyl (C=O) groups excluding carboxylic acids is 4. The number of amides is 2. The van der Waals surface area contributed by atoms with Gasteiger partial charge >= 0.3 is 5.97 Å². The minimum Gasteiger partial charge on any atom is -0.432 e. The molecule has 0 bridgehead atoms. The highest BCUT2D eigenvalue weighted by Crippen LogP contribution is 2.30. The third kappa shape index (κ3) is 4.98. The molecule has 0 unspecified atom stereocenters. The first-order chi connectivity index (χ1) is 17.9. The van der Waals surface area contributed by atoms with Gasteiger partial charge in [0, 0.05) is 22.6 Å². The smallest absolute Gasteiger partial charge is 0.342 e. The zero-order valence-corrected chi connectivity index (χ0v) is 20.2. The Labute approximate surface area is 216 Å². The molecule has 2 amide bonds. The third-order valence-electron chi connectivity index (χ3n) is 5.84. The highest BCUT2D eigenvalue weighted by atomic mass is 32.2. The van der Waals surface area contributed by atoms with Crippen LogP contribution in [0.15, 0.2) is 115 Å². The van der Waals surface area contributed by atoms with Crippen LogP contribution in [0.4, 0.5) is 5.69 Å². The van der Waals surface area contributed by atoms with Crippen molar-refractivity contribution in [2.24, 2.45) is 0 Å². The fourth-order valence-corrected chi connectivity index (χ4v) is 4.77. The van der Waals surface area contributed by atoms with E-state index in [-0.39, 0.29) is 5.12 Å². The van der Waals surface area contributed by atoms with E-state index in [2.05, 4.69) is 12.6 Å². The number of hydrogen-bond donors (Lipinski definition) is 0. The van der Waals surface area contributed by atoms with E-state index in [9.17, 15) is 19.2 Å². The van der Waals surface area contributed by atoms with Crippen LogP contribution in [0.25, 0.3) is 21.9 Å². The SMILES string of the molecule is C=COC(=O)c1ccc(-c2ccc3cc(SC(=O)c4ccc(N5C(=O)C=CC5=O)cc4)ccc3c2)cc1. The van der Waals surface area contributed by atoms with Crippen molar-refractivity contribution < 1.29 is 23.9 Å². The van der Waals surface area contributed by atoms with E-state index in [0.717, 1.165) is 49.7 Å². The second kappa shape index (κ2) is 10.1. The number of carbonyl (C=O) groups is 4. The van der Waals surface area contributed by atoms with Gasteiger partial charge in [0.25, 0.3) is 11.8 Å². The highest BCUT2D eigenvalue weighted by Gasteiger charge is 2.25. The average Bonchev–Trinajstić information content (AvgIpc) is 3.26. The maximum absolute atomic E-state index is 12.8. The van der Waals surface area contributed by atoms with E-state index in [1.165, 1.54) is 12.2 Å². The summed E-state index contributed by atoms with van der Waals surface area (Å²) in [4.78, 5) is 50.2. The number of anilines is 1. The Bertz CT molecular complexity index is 1590. The molecule has 7 heteroatoms. The van der Waals surface area contributed by atoms with Gasteiger partial charge in [0.15, 0.2) is 0 Å². The van der Waals surface area contributed by atoms with Crippen molar-refractivity contribution in [1.29, 1.82) is 0 Å². The number of imide groups is 1. The van der Waals surface area contributed by atoms with Crippen molar-refractivity contribution in [1.82, 2.24) is 0 Å². The van der Waals surface area contributed by atoms with Crippen LogP contribution in [0.5, 0.6) is 0 Å². The molecule has 37 heavy (non-hydrogen) atoms. The number of hydrogen-bond acceptors (Lipinski definition) is 6. The Hall–Kier alpha value is -4.75. The molecule has 0 saturated carbocycles. The quantitative estimate of drug-likeness (QED) is 0.135. The molecule has 180 valence electrons. The summed E-state index contributed by atoms with van der Waals surface area (Å²) in [5.74, 6) is -1.25. The van der Waals surface area contributed by atoms with E-state index >= 15 is 0 Å². The van der Waals surface area contributed by atoms with Gasteiger partial charge in [-0.3, -0.25) is 14.4 Å². The molecule has 4 aromatic rings. The Morgan fingerprint density at radius 2 is 1.32 bits per heavy atom. The Kier molecular flexibility index (Phi) is 6.53. The molecule has 1 aliphatic rings. The molecule has 6 nitrogen and oxygen atoms in total. The van der Waals surface area contributed by atoms with Crippen LogP contribution in [0.2, 0.25) is 0 Å². The molecule has 0 radical (unpaired) electrons. The summed E-state index contributed by atoms with van der Waals surface area (Å²) in [6.07, 6.45) is 3.55. The van der Waals surface area contributed by atoms with Crippen molar-refractivity contribution >= 4 is 51.1 Å². The van der Waals surface area contributed by atoms with Crippen LogP contribution in [0.1, 0.15) is 20.7 Å². The van der Waals surface area contributed by atoms with Crippen LogP contribution < -0.4 is 4.90 Å². The van der Waals surface area contributed by atoms with E-state index in [0.29, 0.717) is 16.8 Å². The predicted octanol–water partition coefficient (Wildman–Crippen LogP) is 6.17. The average molecular weight is 506 g/mol. The number of ether oxygens (including phenoxy) is 1. The van der Waals surface area contributed by atoms with E-state index in [1.807, 2.05) is 42.5 Å². The van der Waals surface area contributed by atoms with Crippen LogP contribution in [-0.4, -0.2) is 22.9 Å². The molecule has 0 aliphatic carbocycles. The van der Waals surface area contributed by atoms with Crippen molar-refractivity contribution in [3.05, 3.63) is 121 Å². The van der Waals surface area contributed by atoms with E-state index < -0.39 is 17.8 Å². The summed E-state index contributed by atoms with van der Waals surface area (Å²) in [6, 6.07) is 25.4. The summed E-state index contributed by atoms with van der Waals surface area (Å²) >= 11 is 1.11. The standard InChI is InChI=1S/C30H19NO5S/c1-2-36-29(34)20-5-3-19(4-6-20)22-7-8-24-18-26(14-11-23(24)17-22)37-30(35)21-9-12-25(13-10-21)31-27(32)15-16-28(31)33/h2-18H,1H2. The molecule has 1 aliphatic heterocycles. The van der Waals surface area contributed by atoms with Gasteiger partial charge in [-0.05, 0) is 88.3 Å². The van der Waals surface area contributed by atoms with Gasteiger partial charge in [0.2, 0.25) is 5.12 Å². The zero-order chi connectivity index (χ0) is 25.9. The van der Waals surface area contributed by atoms with Crippen LogP contribution in [-0.2, 0) is 14.3 Å².